The predicted octanol–water partition coefficient (Wildman–Crippen LogP) is 2.49. The maximum Gasteiger partial charge on any atom is 0.255 e. The Morgan fingerprint density at radius 1 is 0.963 bits per heavy atom. The number of carbonyl (C=O) groups is 1. The summed E-state index contributed by atoms with van der Waals surface area (Å²) in [6.45, 7) is 2.00. The van der Waals surface area contributed by atoms with Gasteiger partial charge in [0.25, 0.3) is 5.91 Å². The quantitative estimate of drug-likeness (QED) is 0.870. The topological polar surface area (TPSA) is 84.9 Å². The predicted molar refractivity (Wildman–Crippen MR) is 99.8 cm³/mol. The number of amides is 1. The smallest absolute Gasteiger partial charge is 0.255 e. The molecule has 2 aliphatic heterocycles. The van der Waals surface area contributed by atoms with E-state index in [4.69, 9.17) is 9.47 Å². The van der Waals surface area contributed by atoms with Gasteiger partial charge in [0.15, 0.2) is 11.5 Å². The molecule has 7 nitrogen and oxygen atoms in total. The molecule has 2 heterocycles. The summed E-state index contributed by atoms with van der Waals surface area (Å²) in [5.74, 6) is 0.790. The van der Waals surface area contributed by atoms with Crippen LogP contribution in [0.25, 0.3) is 0 Å². The average Bonchev–Trinajstić information content (AvgIpc) is 3.23. The molecule has 0 aromatic heterocycles. The second-order valence-electron chi connectivity index (χ2n) is 6.45. The van der Waals surface area contributed by atoms with Gasteiger partial charge >= 0.3 is 0 Å². The minimum atomic E-state index is -3.53. The number of hydrogen-bond acceptors (Lipinski definition) is 5. The number of anilines is 1. The molecular formula is C19H20N2O5S. The zero-order chi connectivity index (χ0) is 18.9. The van der Waals surface area contributed by atoms with E-state index in [0.29, 0.717) is 49.1 Å². The van der Waals surface area contributed by atoms with Crippen LogP contribution in [0.3, 0.4) is 0 Å². The van der Waals surface area contributed by atoms with Gasteiger partial charge < -0.3 is 14.8 Å². The fourth-order valence-corrected chi connectivity index (χ4v) is 4.76. The van der Waals surface area contributed by atoms with Crippen molar-refractivity contribution in [3.8, 4) is 11.5 Å². The fraction of sp³-hybridized carbons (Fsp3) is 0.316. The first kappa shape index (κ1) is 17.8. The molecular weight excluding hydrogens is 368 g/mol. The Hall–Kier alpha value is -2.58. The Morgan fingerprint density at radius 2 is 1.70 bits per heavy atom. The Balaban J connectivity index is 1.54. The molecule has 1 saturated heterocycles. The number of sulfonamides is 1. The Morgan fingerprint density at radius 3 is 2.48 bits per heavy atom. The van der Waals surface area contributed by atoms with Crippen LogP contribution in [0.15, 0.2) is 47.4 Å². The summed E-state index contributed by atoms with van der Waals surface area (Å²) in [7, 11) is -3.53. The van der Waals surface area contributed by atoms with Crippen LogP contribution in [0.1, 0.15) is 23.2 Å². The lowest BCUT2D eigenvalue weighted by Gasteiger charge is -2.19. The third kappa shape index (κ3) is 3.63. The van der Waals surface area contributed by atoms with E-state index in [-0.39, 0.29) is 10.8 Å². The molecule has 2 aliphatic rings. The van der Waals surface area contributed by atoms with Crippen LogP contribution in [-0.2, 0) is 10.0 Å². The van der Waals surface area contributed by atoms with Crippen molar-refractivity contribution in [1.82, 2.24) is 4.31 Å². The SMILES string of the molecule is O=C(Nc1cccc(S(=O)(=O)N2CCCC2)c1)c1ccc2c(c1)OCCO2. The lowest BCUT2D eigenvalue weighted by atomic mass is 10.1. The fourth-order valence-electron chi connectivity index (χ4n) is 3.20. The minimum absolute atomic E-state index is 0.185. The molecule has 142 valence electrons. The van der Waals surface area contributed by atoms with Gasteiger partial charge in [0.1, 0.15) is 13.2 Å². The Labute approximate surface area is 157 Å². The van der Waals surface area contributed by atoms with Gasteiger partial charge in [-0.2, -0.15) is 4.31 Å². The van der Waals surface area contributed by atoms with Crippen molar-refractivity contribution < 1.29 is 22.7 Å². The van der Waals surface area contributed by atoms with E-state index in [1.54, 1.807) is 36.4 Å². The van der Waals surface area contributed by atoms with Gasteiger partial charge in [-0.25, -0.2) is 8.42 Å². The summed E-state index contributed by atoms with van der Waals surface area (Å²) >= 11 is 0. The summed E-state index contributed by atoms with van der Waals surface area (Å²) < 4.78 is 37.8. The Bertz CT molecular complexity index is 968. The van der Waals surface area contributed by atoms with Crippen LogP contribution >= 0.6 is 0 Å². The first-order valence-corrected chi connectivity index (χ1v) is 10.3. The van der Waals surface area contributed by atoms with Crippen molar-refractivity contribution in [3.05, 3.63) is 48.0 Å². The third-order valence-electron chi connectivity index (χ3n) is 4.60. The largest absolute Gasteiger partial charge is 0.486 e. The number of nitrogens with one attached hydrogen (secondary N) is 1. The van der Waals surface area contributed by atoms with Gasteiger partial charge in [-0.3, -0.25) is 4.79 Å². The van der Waals surface area contributed by atoms with Gasteiger partial charge in [0, 0.05) is 24.3 Å². The lowest BCUT2D eigenvalue weighted by Crippen LogP contribution is -2.27. The summed E-state index contributed by atoms with van der Waals surface area (Å²) in [4.78, 5) is 12.7. The third-order valence-corrected chi connectivity index (χ3v) is 6.49. The van der Waals surface area contributed by atoms with Crippen molar-refractivity contribution in [2.75, 3.05) is 31.6 Å². The van der Waals surface area contributed by atoms with Gasteiger partial charge in [0.2, 0.25) is 10.0 Å². The molecule has 0 radical (unpaired) electrons. The molecule has 0 spiro atoms. The molecule has 0 aliphatic carbocycles. The zero-order valence-electron chi connectivity index (χ0n) is 14.7. The number of benzene rings is 2. The number of fused-ring (bicyclic) bond motifs is 1. The molecule has 1 N–H and O–H groups in total. The number of rotatable bonds is 4. The molecule has 8 heteroatoms. The van der Waals surface area contributed by atoms with Gasteiger partial charge in [0.05, 0.1) is 4.90 Å². The van der Waals surface area contributed by atoms with Crippen molar-refractivity contribution in [2.24, 2.45) is 0 Å². The minimum Gasteiger partial charge on any atom is -0.486 e. The van der Waals surface area contributed by atoms with E-state index in [1.807, 2.05) is 0 Å². The number of nitrogens with zero attached hydrogens (tertiary/aromatic N) is 1. The summed E-state index contributed by atoms with van der Waals surface area (Å²) in [6, 6.07) is 11.3. The molecule has 0 saturated carbocycles. The van der Waals surface area contributed by atoms with Crippen molar-refractivity contribution in [2.45, 2.75) is 17.7 Å². The molecule has 2 aromatic carbocycles. The number of ether oxygens (including phenoxy) is 2. The summed E-state index contributed by atoms with van der Waals surface area (Å²) in [6.07, 6.45) is 1.75. The van der Waals surface area contributed by atoms with Crippen molar-refractivity contribution >= 4 is 21.6 Å². The first-order chi connectivity index (χ1) is 13.0. The van der Waals surface area contributed by atoms with E-state index in [2.05, 4.69) is 5.32 Å². The van der Waals surface area contributed by atoms with E-state index in [9.17, 15) is 13.2 Å². The molecule has 1 amide bonds. The van der Waals surface area contributed by atoms with Gasteiger partial charge in [-0.1, -0.05) is 6.07 Å². The van der Waals surface area contributed by atoms with Crippen LogP contribution in [0.5, 0.6) is 11.5 Å². The molecule has 0 bridgehead atoms. The maximum atomic E-state index is 12.7. The highest BCUT2D eigenvalue weighted by molar-refractivity contribution is 7.89. The van der Waals surface area contributed by atoms with E-state index >= 15 is 0 Å². The summed E-state index contributed by atoms with van der Waals surface area (Å²) in [5.41, 5.74) is 0.835. The summed E-state index contributed by atoms with van der Waals surface area (Å²) in [5, 5.41) is 2.75. The average molecular weight is 388 g/mol. The van der Waals surface area contributed by atoms with Crippen LogP contribution in [0.2, 0.25) is 0 Å². The van der Waals surface area contributed by atoms with Gasteiger partial charge in [-0.15, -0.1) is 0 Å². The second-order valence-corrected chi connectivity index (χ2v) is 8.39. The molecule has 0 unspecified atom stereocenters. The highest BCUT2D eigenvalue weighted by Crippen LogP contribution is 2.31. The molecule has 27 heavy (non-hydrogen) atoms. The van der Waals surface area contributed by atoms with Gasteiger partial charge in [-0.05, 0) is 49.2 Å². The van der Waals surface area contributed by atoms with E-state index in [1.165, 1.54) is 10.4 Å². The maximum absolute atomic E-state index is 12.7. The van der Waals surface area contributed by atoms with Crippen LogP contribution in [0, 0.1) is 0 Å². The number of carbonyl (C=O) groups excluding carboxylic acids is 1. The normalized spacial score (nSPS) is 16.9. The lowest BCUT2D eigenvalue weighted by molar-refractivity contribution is 0.102. The van der Waals surface area contributed by atoms with Crippen LogP contribution < -0.4 is 14.8 Å². The second kappa shape index (κ2) is 7.21. The van der Waals surface area contributed by atoms with Crippen molar-refractivity contribution in [1.29, 1.82) is 0 Å². The zero-order valence-corrected chi connectivity index (χ0v) is 15.5. The van der Waals surface area contributed by atoms with Crippen molar-refractivity contribution in [3.63, 3.8) is 0 Å². The van der Waals surface area contributed by atoms with Crippen LogP contribution in [-0.4, -0.2) is 44.9 Å². The molecule has 4 rings (SSSR count). The molecule has 1 fully saturated rings. The van der Waals surface area contributed by atoms with E-state index < -0.39 is 10.0 Å². The molecule has 0 atom stereocenters. The highest BCUT2D eigenvalue weighted by Gasteiger charge is 2.27. The Kier molecular flexibility index (Phi) is 4.75. The van der Waals surface area contributed by atoms with Crippen LogP contribution in [0.4, 0.5) is 5.69 Å². The molecule has 2 aromatic rings. The number of hydrogen-bond donors (Lipinski definition) is 1. The first-order valence-electron chi connectivity index (χ1n) is 8.85. The standard InChI is InChI=1S/C19H20N2O5S/c22-19(14-6-7-17-18(12-14)26-11-10-25-17)20-15-4-3-5-16(13-15)27(23,24)21-8-1-2-9-21/h3-7,12-13H,1-2,8-11H2,(H,20,22). The highest BCUT2D eigenvalue weighted by atomic mass is 32.2. The monoisotopic (exact) mass is 388 g/mol. The van der Waals surface area contributed by atoms with E-state index in [0.717, 1.165) is 12.8 Å².